The second-order valence-corrected chi connectivity index (χ2v) is 6.11. The monoisotopic (exact) mass is 313 g/mol. The van der Waals surface area contributed by atoms with Gasteiger partial charge >= 0.3 is 12.1 Å². The molecule has 0 aliphatic heterocycles. The van der Waals surface area contributed by atoms with Crippen LogP contribution in [0.2, 0.25) is 5.02 Å². The van der Waals surface area contributed by atoms with Gasteiger partial charge in [-0.3, -0.25) is 4.79 Å². The van der Waals surface area contributed by atoms with E-state index in [1.54, 1.807) is 45.0 Å². The lowest BCUT2D eigenvalue weighted by Crippen LogP contribution is -2.35. The Balaban J connectivity index is 2.74. The Morgan fingerprint density at radius 3 is 2.48 bits per heavy atom. The zero-order chi connectivity index (χ0) is 16.0. The lowest BCUT2D eigenvalue weighted by atomic mass is 9.95. The first-order valence-corrected chi connectivity index (χ1v) is 7.00. The molecular formula is C15H20ClNO4. The molecule has 1 amide bonds. The Morgan fingerprint density at radius 2 is 1.95 bits per heavy atom. The van der Waals surface area contributed by atoms with Gasteiger partial charge in [0.15, 0.2) is 0 Å². The highest BCUT2D eigenvalue weighted by Crippen LogP contribution is 2.26. The summed E-state index contributed by atoms with van der Waals surface area (Å²) >= 11 is 6.09. The molecule has 0 saturated carbocycles. The highest BCUT2D eigenvalue weighted by atomic mass is 35.5. The topological polar surface area (TPSA) is 75.6 Å². The number of benzene rings is 1. The summed E-state index contributed by atoms with van der Waals surface area (Å²) in [4.78, 5) is 22.6. The van der Waals surface area contributed by atoms with Gasteiger partial charge in [0.2, 0.25) is 0 Å². The summed E-state index contributed by atoms with van der Waals surface area (Å²) in [6.45, 7) is 5.42. The largest absolute Gasteiger partial charge is 0.481 e. The van der Waals surface area contributed by atoms with Gasteiger partial charge in [0.05, 0.1) is 6.42 Å². The van der Waals surface area contributed by atoms with E-state index in [9.17, 15) is 9.59 Å². The van der Waals surface area contributed by atoms with E-state index in [0.717, 1.165) is 0 Å². The first kappa shape index (κ1) is 17.3. The average molecular weight is 314 g/mol. The van der Waals surface area contributed by atoms with E-state index >= 15 is 0 Å². The Labute approximate surface area is 129 Å². The van der Waals surface area contributed by atoms with Crippen molar-refractivity contribution in [3.8, 4) is 0 Å². The third-order valence-corrected chi connectivity index (χ3v) is 3.00. The minimum atomic E-state index is -0.953. The molecule has 116 valence electrons. The van der Waals surface area contributed by atoms with Gasteiger partial charge in [0, 0.05) is 17.5 Å². The van der Waals surface area contributed by atoms with Crippen LogP contribution in [-0.2, 0) is 9.53 Å². The van der Waals surface area contributed by atoms with Gasteiger partial charge in [-0.25, -0.2) is 4.79 Å². The number of ether oxygens (including phenoxy) is 1. The Kier molecular flexibility index (Phi) is 6.03. The van der Waals surface area contributed by atoms with Crippen LogP contribution in [0.1, 0.15) is 38.7 Å². The highest BCUT2D eigenvalue weighted by Gasteiger charge is 2.21. The Bertz CT molecular complexity index is 511. The van der Waals surface area contributed by atoms with Crippen molar-refractivity contribution in [2.24, 2.45) is 0 Å². The maximum absolute atomic E-state index is 11.7. The van der Waals surface area contributed by atoms with Crippen molar-refractivity contribution in [1.82, 2.24) is 5.32 Å². The Hall–Kier alpha value is -1.75. The summed E-state index contributed by atoms with van der Waals surface area (Å²) in [7, 11) is 0. The van der Waals surface area contributed by atoms with Crippen LogP contribution in [-0.4, -0.2) is 29.3 Å². The first-order chi connectivity index (χ1) is 9.69. The lowest BCUT2D eigenvalue weighted by Gasteiger charge is -2.22. The van der Waals surface area contributed by atoms with Crippen LogP contribution in [0.15, 0.2) is 24.3 Å². The number of alkyl carbamates (subject to hydrolysis) is 1. The molecule has 0 spiro atoms. The maximum atomic E-state index is 11.7. The molecule has 1 rings (SSSR count). The molecular weight excluding hydrogens is 294 g/mol. The molecule has 0 bridgehead atoms. The van der Waals surface area contributed by atoms with Crippen LogP contribution >= 0.6 is 11.6 Å². The molecule has 0 aliphatic carbocycles. The molecule has 5 nitrogen and oxygen atoms in total. The van der Waals surface area contributed by atoms with E-state index in [0.29, 0.717) is 10.6 Å². The highest BCUT2D eigenvalue weighted by molar-refractivity contribution is 6.31. The molecule has 0 fully saturated rings. The molecule has 6 heteroatoms. The van der Waals surface area contributed by atoms with E-state index in [1.807, 2.05) is 0 Å². The van der Waals surface area contributed by atoms with Crippen LogP contribution in [0, 0.1) is 0 Å². The van der Waals surface area contributed by atoms with E-state index in [-0.39, 0.29) is 13.0 Å². The fraction of sp³-hybridized carbons (Fsp3) is 0.467. The average Bonchev–Trinajstić information content (AvgIpc) is 2.32. The maximum Gasteiger partial charge on any atom is 0.407 e. The number of hydrogen-bond donors (Lipinski definition) is 2. The van der Waals surface area contributed by atoms with Crippen molar-refractivity contribution < 1.29 is 19.4 Å². The van der Waals surface area contributed by atoms with Gasteiger partial charge in [-0.05, 0) is 32.4 Å². The second-order valence-electron chi connectivity index (χ2n) is 5.70. The molecule has 0 saturated heterocycles. The molecule has 0 radical (unpaired) electrons. The van der Waals surface area contributed by atoms with E-state index in [2.05, 4.69) is 5.32 Å². The number of carbonyl (C=O) groups excluding carboxylic acids is 1. The zero-order valence-electron chi connectivity index (χ0n) is 12.4. The van der Waals surface area contributed by atoms with Crippen LogP contribution in [0.3, 0.4) is 0 Å². The molecule has 1 unspecified atom stereocenters. The molecule has 21 heavy (non-hydrogen) atoms. The zero-order valence-corrected chi connectivity index (χ0v) is 13.1. The summed E-state index contributed by atoms with van der Waals surface area (Å²) in [5.74, 6) is -1.37. The van der Waals surface area contributed by atoms with Crippen LogP contribution in [0.25, 0.3) is 0 Å². The fourth-order valence-corrected chi connectivity index (χ4v) is 2.12. The smallest absolute Gasteiger partial charge is 0.407 e. The van der Waals surface area contributed by atoms with Gasteiger partial charge < -0.3 is 15.2 Å². The standard InChI is InChI=1S/C15H20ClNO4/c1-15(2,3)21-14(20)17-9-10(8-13(18)19)11-6-4-5-7-12(11)16/h4-7,10H,8-9H2,1-3H3,(H,17,20)(H,18,19). The van der Waals surface area contributed by atoms with Crippen molar-refractivity contribution in [3.63, 3.8) is 0 Å². The first-order valence-electron chi connectivity index (χ1n) is 6.62. The molecule has 1 atom stereocenters. The number of amides is 1. The second kappa shape index (κ2) is 7.31. The third-order valence-electron chi connectivity index (χ3n) is 2.66. The number of nitrogens with one attached hydrogen (secondary N) is 1. The summed E-state index contributed by atoms with van der Waals surface area (Å²) in [6.07, 6.45) is -0.704. The quantitative estimate of drug-likeness (QED) is 0.873. The Morgan fingerprint density at radius 1 is 1.33 bits per heavy atom. The molecule has 1 aromatic carbocycles. The molecule has 0 aliphatic rings. The molecule has 0 aromatic heterocycles. The van der Waals surface area contributed by atoms with Gasteiger partial charge in [0.1, 0.15) is 5.60 Å². The van der Waals surface area contributed by atoms with Crippen LogP contribution in [0.4, 0.5) is 4.79 Å². The number of aliphatic carboxylic acids is 1. The molecule has 1 aromatic rings. The minimum Gasteiger partial charge on any atom is -0.481 e. The van der Waals surface area contributed by atoms with Crippen LogP contribution < -0.4 is 5.32 Å². The summed E-state index contributed by atoms with van der Waals surface area (Å²) in [6, 6.07) is 7.00. The number of carboxylic acids is 1. The number of carboxylic acid groups (broad SMARTS) is 1. The minimum absolute atomic E-state index is 0.125. The fourth-order valence-electron chi connectivity index (χ4n) is 1.83. The van der Waals surface area contributed by atoms with Crippen molar-refractivity contribution in [2.75, 3.05) is 6.54 Å². The third kappa shape index (κ3) is 6.49. The lowest BCUT2D eigenvalue weighted by molar-refractivity contribution is -0.137. The van der Waals surface area contributed by atoms with Crippen molar-refractivity contribution in [1.29, 1.82) is 0 Å². The molecule has 0 heterocycles. The number of halogens is 1. The number of carbonyl (C=O) groups is 2. The summed E-state index contributed by atoms with van der Waals surface area (Å²) in [5.41, 5.74) is 0.0918. The van der Waals surface area contributed by atoms with E-state index in [1.165, 1.54) is 0 Å². The normalized spacial score (nSPS) is 12.6. The number of hydrogen-bond acceptors (Lipinski definition) is 3. The summed E-state index contributed by atoms with van der Waals surface area (Å²) < 4.78 is 5.13. The summed E-state index contributed by atoms with van der Waals surface area (Å²) in [5, 5.41) is 12.1. The van der Waals surface area contributed by atoms with Gasteiger partial charge in [0.25, 0.3) is 0 Å². The predicted octanol–water partition coefficient (Wildman–Crippen LogP) is 3.42. The van der Waals surface area contributed by atoms with Crippen LogP contribution in [0.5, 0.6) is 0 Å². The molecule has 2 N–H and O–H groups in total. The van der Waals surface area contributed by atoms with Crippen molar-refractivity contribution in [3.05, 3.63) is 34.9 Å². The van der Waals surface area contributed by atoms with Crippen molar-refractivity contribution in [2.45, 2.75) is 38.7 Å². The van der Waals surface area contributed by atoms with E-state index in [4.69, 9.17) is 21.4 Å². The predicted molar refractivity (Wildman–Crippen MR) is 80.7 cm³/mol. The van der Waals surface area contributed by atoms with Crippen molar-refractivity contribution >= 4 is 23.7 Å². The number of rotatable bonds is 5. The van der Waals surface area contributed by atoms with E-state index < -0.39 is 23.6 Å². The van der Waals surface area contributed by atoms with Gasteiger partial charge in [-0.15, -0.1) is 0 Å². The SMILES string of the molecule is CC(C)(C)OC(=O)NCC(CC(=O)O)c1ccccc1Cl. The van der Waals surface area contributed by atoms with Gasteiger partial charge in [-0.1, -0.05) is 29.8 Å². The van der Waals surface area contributed by atoms with Gasteiger partial charge in [-0.2, -0.15) is 0 Å².